The van der Waals surface area contributed by atoms with Gasteiger partial charge in [-0.3, -0.25) is 0 Å². The monoisotopic (exact) mass is 308 g/mol. The number of unbranched alkanes of at least 4 members (excludes halogenated alkanes) is 1. The Balaban J connectivity index is 0. The summed E-state index contributed by atoms with van der Waals surface area (Å²) in [5, 5.41) is 0. The topological polar surface area (TPSA) is 55.6 Å². The van der Waals surface area contributed by atoms with Crippen LogP contribution >= 0.6 is 12.4 Å². The van der Waals surface area contributed by atoms with Crippen molar-refractivity contribution in [3.63, 3.8) is 0 Å². The van der Waals surface area contributed by atoms with Crippen LogP contribution in [0.3, 0.4) is 0 Å². The van der Waals surface area contributed by atoms with Gasteiger partial charge in [-0.2, -0.15) is 0 Å². The van der Waals surface area contributed by atoms with Crippen molar-refractivity contribution < 1.29 is 9.53 Å². The molecule has 1 amide bonds. The number of carbonyl (C=O) groups is 1. The molecule has 0 aliphatic heterocycles. The van der Waals surface area contributed by atoms with E-state index in [0.717, 1.165) is 32.4 Å². The first-order valence-corrected chi connectivity index (χ1v) is 7.54. The summed E-state index contributed by atoms with van der Waals surface area (Å²) in [6.45, 7) is 12.3. The van der Waals surface area contributed by atoms with E-state index in [1.807, 2.05) is 0 Å². The fourth-order valence-electron chi connectivity index (χ4n) is 1.92. The lowest BCUT2D eigenvalue weighted by molar-refractivity contribution is 0.0874. The molecule has 20 heavy (non-hydrogen) atoms. The van der Waals surface area contributed by atoms with Gasteiger partial charge in [0.2, 0.25) is 0 Å². The molecular formula is C15H33ClN2O2. The van der Waals surface area contributed by atoms with E-state index in [0.29, 0.717) is 18.4 Å². The Morgan fingerprint density at radius 2 is 1.65 bits per heavy atom. The zero-order valence-corrected chi connectivity index (χ0v) is 14.5. The Morgan fingerprint density at radius 1 is 1.15 bits per heavy atom. The second kappa shape index (κ2) is 12.3. The first-order chi connectivity index (χ1) is 8.86. The molecule has 0 spiro atoms. The molecule has 0 aromatic heterocycles. The predicted octanol–water partition coefficient (Wildman–Crippen LogP) is 3.68. The van der Waals surface area contributed by atoms with Crippen LogP contribution < -0.4 is 5.73 Å². The van der Waals surface area contributed by atoms with E-state index in [4.69, 9.17) is 10.5 Å². The predicted molar refractivity (Wildman–Crippen MR) is 87.3 cm³/mol. The summed E-state index contributed by atoms with van der Waals surface area (Å²) < 4.78 is 5.33. The van der Waals surface area contributed by atoms with Crippen molar-refractivity contribution in [3.05, 3.63) is 0 Å². The lowest BCUT2D eigenvalue weighted by Crippen LogP contribution is -2.39. The van der Waals surface area contributed by atoms with Crippen molar-refractivity contribution in [1.29, 1.82) is 0 Å². The van der Waals surface area contributed by atoms with Crippen molar-refractivity contribution in [2.24, 2.45) is 17.6 Å². The Hall–Kier alpha value is -0.480. The molecule has 2 N–H and O–H groups in total. The quantitative estimate of drug-likeness (QED) is 0.707. The Labute approximate surface area is 130 Å². The minimum Gasteiger partial charge on any atom is -0.448 e. The third-order valence-electron chi connectivity index (χ3n) is 2.78. The number of ether oxygens (including phenoxy) is 1. The zero-order valence-electron chi connectivity index (χ0n) is 13.7. The van der Waals surface area contributed by atoms with E-state index in [-0.39, 0.29) is 24.5 Å². The largest absolute Gasteiger partial charge is 0.448 e. The molecule has 0 aliphatic carbocycles. The number of nitrogens with zero attached hydrogens (tertiary/aromatic N) is 1. The van der Waals surface area contributed by atoms with E-state index >= 15 is 0 Å². The maximum absolute atomic E-state index is 12.0. The highest BCUT2D eigenvalue weighted by molar-refractivity contribution is 5.85. The molecule has 0 rings (SSSR count). The Kier molecular flexibility index (Phi) is 13.4. The highest BCUT2D eigenvalue weighted by Crippen LogP contribution is 2.07. The second-order valence-corrected chi connectivity index (χ2v) is 6.17. The number of amides is 1. The van der Waals surface area contributed by atoms with Crippen molar-refractivity contribution in [2.75, 3.05) is 19.7 Å². The lowest BCUT2D eigenvalue weighted by atomic mass is 10.1. The maximum atomic E-state index is 12.0. The van der Waals surface area contributed by atoms with E-state index < -0.39 is 0 Å². The van der Waals surface area contributed by atoms with Crippen LogP contribution in [0.25, 0.3) is 0 Å². The zero-order chi connectivity index (χ0) is 14.8. The van der Waals surface area contributed by atoms with Crippen LogP contribution in [0.5, 0.6) is 0 Å². The second-order valence-electron chi connectivity index (χ2n) is 6.17. The number of hydrogen-bond donors (Lipinski definition) is 1. The molecule has 0 aromatic rings. The summed E-state index contributed by atoms with van der Waals surface area (Å²) in [5.41, 5.74) is 5.91. The van der Waals surface area contributed by atoms with Gasteiger partial charge in [-0.1, -0.05) is 47.5 Å². The summed E-state index contributed by atoms with van der Waals surface area (Å²) in [5.74, 6) is 0.889. The molecule has 5 heteroatoms. The number of nitrogens with two attached hydrogens (primary N) is 1. The fourth-order valence-corrected chi connectivity index (χ4v) is 1.92. The van der Waals surface area contributed by atoms with Gasteiger partial charge in [0.05, 0.1) is 0 Å². The van der Waals surface area contributed by atoms with E-state index in [1.165, 1.54) is 0 Å². The number of carbonyl (C=O) groups excluding carboxylic acids is 1. The van der Waals surface area contributed by atoms with Gasteiger partial charge in [0, 0.05) is 19.1 Å². The molecule has 0 saturated carbocycles. The van der Waals surface area contributed by atoms with Gasteiger partial charge >= 0.3 is 6.09 Å². The van der Waals surface area contributed by atoms with Gasteiger partial charge in [-0.15, -0.1) is 12.4 Å². The fraction of sp³-hybridized carbons (Fsp3) is 0.933. The highest BCUT2D eigenvalue weighted by atomic mass is 35.5. The first-order valence-electron chi connectivity index (χ1n) is 7.54. The number of hydrogen-bond acceptors (Lipinski definition) is 3. The van der Waals surface area contributed by atoms with Crippen LogP contribution in [0.15, 0.2) is 0 Å². The SMILES string of the molecule is CCCCC(N)COC(=O)N(CC(C)C)CC(C)C.Cl. The van der Waals surface area contributed by atoms with Crippen LogP contribution in [0.2, 0.25) is 0 Å². The van der Waals surface area contributed by atoms with Gasteiger partial charge in [0.25, 0.3) is 0 Å². The van der Waals surface area contributed by atoms with Crippen molar-refractivity contribution in [2.45, 2.75) is 59.9 Å². The molecule has 122 valence electrons. The average molecular weight is 309 g/mol. The van der Waals surface area contributed by atoms with E-state index in [2.05, 4.69) is 34.6 Å². The summed E-state index contributed by atoms with van der Waals surface area (Å²) in [6.07, 6.45) is 2.89. The van der Waals surface area contributed by atoms with Gasteiger partial charge in [-0.05, 0) is 18.3 Å². The molecule has 1 unspecified atom stereocenters. The summed E-state index contributed by atoms with van der Waals surface area (Å²) in [7, 11) is 0. The molecule has 0 saturated heterocycles. The van der Waals surface area contributed by atoms with E-state index in [1.54, 1.807) is 4.90 Å². The van der Waals surface area contributed by atoms with Crippen LogP contribution in [-0.4, -0.2) is 36.7 Å². The van der Waals surface area contributed by atoms with E-state index in [9.17, 15) is 4.79 Å². The van der Waals surface area contributed by atoms with Crippen molar-refractivity contribution >= 4 is 18.5 Å². The molecule has 0 aromatic carbocycles. The molecule has 0 radical (unpaired) electrons. The third kappa shape index (κ3) is 11.4. The molecule has 0 aliphatic rings. The molecule has 4 nitrogen and oxygen atoms in total. The summed E-state index contributed by atoms with van der Waals surface area (Å²) >= 11 is 0. The van der Waals surface area contributed by atoms with Crippen LogP contribution in [0, 0.1) is 11.8 Å². The highest BCUT2D eigenvalue weighted by Gasteiger charge is 2.18. The maximum Gasteiger partial charge on any atom is 0.409 e. The number of halogens is 1. The Morgan fingerprint density at radius 3 is 2.05 bits per heavy atom. The summed E-state index contributed by atoms with van der Waals surface area (Å²) in [4.78, 5) is 13.8. The van der Waals surface area contributed by atoms with Crippen molar-refractivity contribution in [3.8, 4) is 0 Å². The number of rotatable bonds is 9. The molecule has 0 fully saturated rings. The smallest absolute Gasteiger partial charge is 0.409 e. The minimum atomic E-state index is -0.227. The first kappa shape index (κ1) is 21.8. The van der Waals surface area contributed by atoms with Gasteiger partial charge in [0.1, 0.15) is 6.61 Å². The van der Waals surface area contributed by atoms with Crippen LogP contribution in [0.4, 0.5) is 4.79 Å². The van der Waals surface area contributed by atoms with Crippen LogP contribution in [0.1, 0.15) is 53.9 Å². The third-order valence-corrected chi connectivity index (χ3v) is 2.78. The standard InChI is InChI=1S/C15H32N2O2.ClH/c1-6-7-8-14(16)11-19-15(18)17(9-12(2)3)10-13(4)5;/h12-14H,6-11,16H2,1-5H3;1H. The molecule has 0 heterocycles. The molecular weight excluding hydrogens is 276 g/mol. The lowest BCUT2D eigenvalue weighted by Gasteiger charge is -2.26. The summed E-state index contributed by atoms with van der Waals surface area (Å²) in [6, 6.07) is -0.0381. The molecule has 0 bridgehead atoms. The van der Waals surface area contributed by atoms with Crippen molar-refractivity contribution in [1.82, 2.24) is 4.90 Å². The minimum absolute atomic E-state index is 0. The Bertz CT molecular complexity index is 238. The van der Waals surface area contributed by atoms with Gasteiger partial charge in [0.15, 0.2) is 0 Å². The van der Waals surface area contributed by atoms with Gasteiger partial charge < -0.3 is 15.4 Å². The average Bonchev–Trinajstić information content (AvgIpc) is 2.31. The normalized spacial score (nSPS) is 12.2. The van der Waals surface area contributed by atoms with Crippen LogP contribution in [-0.2, 0) is 4.74 Å². The van der Waals surface area contributed by atoms with Gasteiger partial charge in [-0.25, -0.2) is 4.79 Å². The molecule has 1 atom stereocenters.